The number of hydrogen-bond donors (Lipinski definition) is 1. The van der Waals surface area contributed by atoms with Gasteiger partial charge in [0, 0.05) is 17.5 Å². The van der Waals surface area contributed by atoms with Crippen molar-refractivity contribution in [1.82, 2.24) is 0 Å². The van der Waals surface area contributed by atoms with E-state index in [4.69, 9.17) is 25.5 Å². The molecular weight excluding hydrogens is 405 g/mol. The molecule has 0 unspecified atom stereocenters. The fourth-order valence-electron chi connectivity index (χ4n) is 2.50. The average Bonchev–Trinajstić information content (AvgIpc) is 2.66. The molecule has 0 saturated carbocycles. The first-order valence-electron chi connectivity index (χ1n) is 8.39. The summed E-state index contributed by atoms with van der Waals surface area (Å²) in [5, 5.41) is 3.17. The summed E-state index contributed by atoms with van der Waals surface area (Å²) in [4.78, 5) is 35.0. The topological polar surface area (TPSA) is 94.8 Å². The summed E-state index contributed by atoms with van der Waals surface area (Å²) in [5.74, 6) is -1.67. The molecule has 3 aromatic rings. The molecule has 1 aromatic heterocycles. The van der Waals surface area contributed by atoms with Gasteiger partial charge >= 0.3 is 11.6 Å². The van der Waals surface area contributed by atoms with Gasteiger partial charge in [0.15, 0.2) is 13.2 Å². The van der Waals surface area contributed by atoms with Gasteiger partial charge in [0.2, 0.25) is 0 Å². The first kappa shape index (κ1) is 20.3. The van der Waals surface area contributed by atoms with E-state index in [1.807, 2.05) is 0 Å². The zero-order valence-corrected chi connectivity index (χ0v) is 15.9. The molecule has 3 rings (SSSR count). The molecule has 0 bridgehead atoms. The highest BCUT2D eigenvalue weighted by atomic mass is 35.5. The lowest BCUT2D eigenvalue weighted by molar-refractivity contribution is -0.149. The highest BCUT2D eigenvalue weighted by molar-refractivity contribution is 6.33. The Hall–Kier alpha value is -3.39. The molecule has 9 heteroatoms. The number of aryl methyl sites for hydroxylation is 1. The van der Waals surface area contributed by atoms with Crippen LogP contribution in [0.2, 0.25) is 5.02 Å². The lowest BCUT2D eigenvalue weighted by Gasteiger charge is -2.09. The van der Waals surface area contributed by atoms with E-state index in [1.54, 1.807) is 19.1 Å². The number of halogens is 2. The summed E-state index contributed by atoms with van der Waals surface area (Å²) in [6, 6.07) is 9.66. The van der Waals surface area contributed by atoms with E-state index >= 15 is 0 Å². The highest BCUT2D eigenvalue weighted by Crippen LogP contribution is 2.23. The third-order valence-corrected chi connectivity index (χ3v) is 4.16. The standard InChI is InChI=1S/C20H15ClFNO6/c1-11-6-19(25)29-17-8-13(3-4-14(11)17)27-10-20(26)28-9-18(24)23-16-5-2-12(22)7-15(16)21/h2-8H,9-10H2,1H3,(H,23,24). The summed E-state index contributed by atoms with van der Waals surface area (Å²) in [5.41, 5.74) is 0.794. The second kappa shape index (κ2) is 8.74. The van der Waals surface area contributed by atoms with E-state index in [0.29, 0.717) is 11.3 Å². The summed E-state index contributed by atoms with van der Waals surface area (Å²) in [6.45, 7) is 0.759. The van der Waals surface area contributed by atoms with Crippen LogP contribution in [-0.2, 0) is 14.3 Å². The van der Waals surface area contributed by atoms with Gasteiger partial charge in [0.25, 0.3) is 5.91 Å². The number of ether oxygens (including phenoxy) is 2. The number of hydrogen-bond acceptors (Lipinski definition) is 6. The van der Waals surface area contributed by atoms with Gasteiger partial charge in [-0.25, -0.2) is 14.0 Å². The van der Waals surface area contributed by atoms with E-state index in [9.17, 15) is 18.8 Å². The lowest BCUT2D eigenvalue weighted by Crippen LogP contribution is -2.23. The number of esters is 1. The fourth-order valence-corrected chi connectivity index (χ4v) is 2.72. The summed E-state index contributed by atoms with van der Waals surface area (Å²) in [6.07, 6.45) is 0. The van der Waals surface area contributed by atoms with E-state index in [-0.39, 0.29) is 10.7 Å². The molecule has 2 aromatic carbocycles. The van der Waals surface area contributed by atoms with Crippen molar-refractivity contribution in [1.29, 1.82) is 0 Å². The van der Waals surface area contributed by atoms with Gasteiger partial charge in [0.05, 0.1) is 10.7 Å². The Labute approximate surface area is 169 Å². The van der Waals surface area contributed by atoms with Gasteiger partial charge < -0.3 is 19.2 Å². The zero-order valence-electron chi connectivity index (χ0n) is 15.2. The van der Waals surface area contributed by atoms with Gasteiger partial charge in [-0.05, 0) is 42.8 Å². The number of rotatable bonds is 6. The van der Waals surface area contributed by atoms with Crippen LogP contribution in [0.25, 0.3) is 11.0 Å². The van der Waals surface area contributed by atoms with Crippen molar-refractivity contribution in [3.63, 3.8) is 0 Å². The minimum atomic E-state index is -0.781. The molecular formula is C20H15ClFNO6. The third-order valence-electron chi connectivity index (χ3n) is 3.85. The first-order valence-corrected chi connectivity index (χ1v) is 8.77. The Morgan fingerprint density at radius 3 is 2.69 bits per heavy atom. The molecule has 0 spiro atoms. The van der Waals surface area contributed by atoms with Crippen molar-refractivity contribution in [2.24, 2.45) is 0 Å². The minimum absolute atomic E-state index is 0.0196. The number of benzene rings is 2. The lowest BCUT2D eigenvalue weighted by atomic mass is 10.1. The Kier molecular flexibility index (Phi) is 6.13. The Balaban J connectivity index is 1.51. The van der Waals surface area contributed by atoms with E-state index < -0.39 is 36.5 Å². The molecule has 0 aliphatic rings. The van der Waals surface area contributed by atoms with Gasteiger partial charge in [0.1, 0.15) is 17.1 Å². The van der Waals surface area contributed by atoms with Gasteiger partial charge in [-0.1, -0.05) is 11.6 Å². The molecule has 150 valence electrons. The molecule has 29 heavy (non-hydrogen) atoms. The molecule has 0 saturated heterocycles. The highest BCUT2D eigenvalue weighted by Gasteiger charge is 2.11. The van der Waals surface area contributed by atoms with E-state index in [2.05, 4.69) is 5.32 Å². The number of carbonyl (C=O) groups excluding carboxylic acids is 2. The van der Waals surface area contributed by atoms with Crippen molar-refractivity contribution in [2.75, 3.05) is 18.5 Å². The molecule has 1 heterocycles. The zero-order chi connectivity index (χ0) is 21.0. The maximum absolute atomic E-state index is 13.0. The minimum Gasteiger partial charge on any atom is -0.482 e. The molecule has 0 fully saturated rings. The van der Waals surface area contributed by atoms with Crippen LogP contribution in [0, 0.1) is 12.7 Å². The number of anilines is 1. The Bertz CT molecular complexity index is 1140. The molecule has 0 aliphatic heterocycles. The Morgan fingerprint density at radius 1 is 1.14 bits per heavy atom. The number of nitrogens with one attached hydrogen (secondary N) is 1. The predicted molar refractivity (Wildman–Crippen MR) is 104 cm³/mol. The normalized spacial score (nSPS) is 10.6. The summed E-state index contributed by atoms with van der Waals surface area (Å²) >= 11 is 5.81. The molecule has 0 atom stereocenters. The number of fused-ring (bicyclic) bond motifs is 1. The molecule has 0 radical (unpaired) electrons. The van der Waals surface area contributed by atoms with Crippen molar-refractivity contribution < 1.29 is 27.9 Å². The van der Waals surface area contributed by atoms with Crippen LogP contribution in [0.3, 0.4) is 0 Å². The quantitative estimate of drug-likeness (QED) is 0.485. The van der Waals surface area contributed by atoms with Gasteiger partial charge in [-0.15, -0.1) is 0 Å². The summed E-state index contributed by atoms with van der Waals surface area (Å²) in [7, 11) is 0. The number of amides is 1. The van der Waals surface area contributed by atoms with Crippen LogP contribution < -0.4 is 15.7 Å². The fraction of sp³-hybridized carbons (Fsp3) is 0.150. The molecule has 1 amide bonds. The second-order valence-corrected chi connectivity index (χ2v) is 6.44. The summed E-state index contributed by atoms with van der Waals surface area (Å²) < 4.78 is 28.2. The maximum Gasteiger partial charge on any atom is 0.344 e. The first-order chi connectivity index (χ1) is 13.8. The third kappa shape index (κ3) is 5.32. The van der Waals surface area contributed by atoms with Crippen molar-refractivity contribution in [2.45, 2.75) is 6.92 Å². The van der Waals surface area contributed by atoms with Crippen LogP contribution in [0.1, 0.15) is 5.56 Å². The van der Waals surface area contributed by atoms with Crippen LogP contribution >= 0.6 is 11.6 Å². The second-order valence-electron chi connectivity index (χ2n) is 6.03. The van der Waals surface area contributed by atoms with Crippen molar-refractivity contribution >= 4 is 40.1 Å². The van der Waals surface area contributed by atoms with Crippen molar-refractivity contribution in [3.8, 4) is 5.75 Å². The molecule has 7 nitrogen and oxygen atoms in total. The van der Waals surface area contributed by atoms with Crippen LogP contribution in [-0.4, -0.2) is 25.1 Å². The SMILES string of the molecule is Cc1cc(=O)oc2cc(OCC(=O)OCC(=O)Nc3ccc(F)cc3Cl)ccc12. The molecule has 0 aliphatic carbocycles. The van der Waals surface area contributed by atoms with Gasteiger partial charge in [-0.2, -0.15) is 0 Å². The number of carbonyl (C=O) groups is 2. The van der Waals surface area contributed by atoms with Gasteiger partial charge in [-0.3, -0.25) is 4.79 Å². The average molecular weight is 420 g/mol. The molecule has 1 N–H and O–H groups in total. The van der Waals surface area contributed by atoms with Crippen molar-refractivity contribution in [3.05, 3.63) is 69.3 Å². The van der Waals surface area contributed by atoms with Crippen LogP contribution in [0.4, 0.5) is 10.1 Å². The predicted octanol–water partition coefficient (Wildman–Crippen LogP) is 3.45. The van der Waals surface area contributed by atoms with E-state index in [0.717, 1.165) is 23.1 Å². The van der Waals surface area contributed by atoms with E-state index in [1.165, 1.54) is 18.2 Å². The largest absolute Gasteiger partial charge is 0.482 e. The van der Waals surface area contributed by atoms with Crippen LogP contribution in [0.5, 0.6) is 5.75 Å². The smallest absolute Gasteiger partial charge is 0.344 e. The Morgan fingerprint density at radius 2 is 1.93 bits per heavy atom. The van der Waals surface area contributed by atoms with Crippen LogP contribution in [0.15, 0.2) is 51.7 Å². The maximum atomic E-state index is 13.0. The monoisotopic (exact) mass is 419 g/mol.